The third-order valence-electron chi connectivity index (χ3n) is 4.81. The molecule has 1 aliphatic rings. The van der Waals surface area contributed by atoms with E-state index in [1.165, 1.54) is 17.0 Å². The quantitative estimate of drug-likeness (QED) is 0.624. The van der Waals surface area contributed by atoms with E-state index in [-0.39, 0.29) is 23.9 Å². The fourth-order valence-electron chi connectivity index (χ4n) is 3.29. The van der Waals surface area contributed by atoms with Crippen LogP contribution in [-0.4, -0.2) is 16.8 Å². The number of anilines is 1. The van der Waals surface area contributed by atoms with Gasteiger partial charge in [-0.1, -0.05) is 29.4 Å². The number of amides is 1. The number of hydrogen-bond acceptors (Lipinski definition) is 4. The molecule has 2 aromatic carbocycles. The van der Waals surface area contributed by atoms with Crippen molar-refractivity contribution in [2.24, 2.45) is 4.99 Å². The maximum Gasteiger partial charge on any atom is 0.416 e. The summed E-state index contributed by atoms with van der Waals surface area (Å²) in [5.74, 6) is 0.222. The molecule has 5 nitrogen and oxygen atoms in total. The SMILES string of the molecule is Cc1noc(C)c1CN1C(=O)/C(=N\c2cccc(C(F)(F)F)c2)c2ccccc21. The zero-order valence-corrected chi connectivity index (χ0v) is 15.6. The largest absolute Gasteiger partial charge is 0.416 e. The van der Waals surface area contributed by atoms with Gasteiger partial charge in [0.2, 0.25) is 0 Å². The molecule has 0 atom stereocenters. The number of aliphatic imine (C=N–C) groups is 1. The number of aryl methyl sites for hydroxylation is 2. The van der Waals surface area contributed by atoms with Crippen molar-refractivity contribution in [1.82, 2.24) is 5.16 Å². The second kappa shape index (κ2) is 6.88. The van der Waals surface area contributed by atoms with Gasteiger partial charge in [0.15, 0.2) is 0 Å². The number of carbonyl (C=O) groups excluding carboxylic acids is 1. The van der Waals surface area contributed by atoms with Crippen molar-refractivity contribution in [2.75, 3.05) is 4.90 Å². The van der Waals surface area contributed by atoms with E-state index in [9.17, 15) is 18.0 Å². The number of nitrogens with zero attached hydrogens (tertiary/aromatic N) is 3. The number of rotatable bonds is 3. The van der Waals surface area contributed by atoms with Gasteiger partial charge < -0.3 is 9.42 Å². The van der Waals surface area contributed by atoms with Gasteiger partial charge in [-0.15, -0.1) is 0 Å². The molecule has 1 amide bonds. The highest BCUT2D eigenvalue weighted by molar-refractivity contribution is 6.54. The van der Waals surface area contributed by atoms with Crippen LogP contribution < -0.4 is 4.90 Å². The monoisotopic (exact) mass is 399 g/mol. The predicted octanol–water partition coefficient (Wildman–Crippen LogP) is 4.98. The van der Waals surface area contributed by atoms with E-state index in [1.54, 1.807) is 38.1 Å². The van der Waals surface area contributed by atoms with Gasteiger partial charge in [-0.25, -0.2) is 4.99 Å². The molecule has 0 radical (unpaired) electrons. The van der Waals surface area contributed by atoms with Crippen LogP contribution in [-0.2, 0) is 17.5 Å². The molecule has 3 aromatic rings. The Bertz CT molecular complexity index is 1110. The Morgan fingerprint density at radius 2 is 1.86 bits per heavy atom. The third-order valence-corrected chi connectivity index (χ3v) is 4.81. The second-order valence-electron chi connectivity index (χ2n) is 6.72. The Kier molecular flexibility index (Phi) is 4.49. The first kappa shape index (κ1) is 18.9. The Balaban J connectivity index is 1.76. The van der Waals surface area contributed by atoms with Crippen LogP contribution in [0.4, 0.5) is 24.5 Å². The van der Waals surface area contributed by atoms with Crippen LogP contribution in [0, 0.1) is 13.8 Å². The minimum Gasteiger partial charge on any atom is -0.361 e. The molecule has 2 heterocycles. The molecule has 0 fully saturated rings. The highest BCUT2D eigenvalue weighted by Gasteiger charge is 2.35. The van der Waals surface area contributed by atoms with E-state index < -0.39 is 11.7 Å². The van der Waals surface area contributed by atoms with Gasteiger partial charge in [0.05, 0.1) is 29.2 Å². The molecule has 0 saturated carbocycles. The van der Waals surface area contributed by atoms with Crippen molar-refractivity contribution < 1.29 is 22.5 Å². The van der Waals surface area contributed by atoms with Gasteiger partial charge in [0.1, 0.15) is 11.5 Å². The molecule has 0 unspecified atom stereocenters. The summed E-state index contributed by atoms with van der Waals surface area (Å²) in [5.41, 5.74) is 2.03. The lowest BCUT2D eigenvalue weighted by molar-refractivity contribution is -0.137. The fourth-order valence-corrected chi connectivity index (χ4v) is 3.29. The molecule has 29 heavy (non-hydrogen) atoms. The summed E-state index contributed by atoms with van der Waals surface area (Å²) in [6.07, 6.45) is -4.48. The highest BCUT2D eigenvalue weighted by atomic mass is 19.4. The topological polar surface area (TPSA) is 58.7 Å². The maximum absolute atomic E-state index is 13.1. The average Bonchev–Trinajstić information content (AvgIpc) is 3.14. The van der Waals surface area contributed by atoms with Crippen LogP contribution in [0.1, 0.15) is 28.1 Å². The first-order valence-corrected chi connectivity index (χ1v) is 8.84. The molecule has 0 aliphatic carbocycles. The standard InChI is InChI=1S/C21H16F3N3O2/c1-12-17(13(2)29-26-12)11-27-18-9-4-3-8-16(18)19(20(27)28)25-15-7-5-6-14(10-15)21(22,23)24/h3-10H,11H2,1-2H3/b25-19-. The minimum atomic E-state index is -4.48. The summed E-state index contributed by atoms with van der Waals surface area (Å²) in [4.78, 5) is 18.9. The van der Waals surface area contributed by atoms with Crippen molar-refractivity contribution in [2.45, 2.75) is 26.6 Å². The van der Waals surface area contributed by atoms with E-state index in [1.807, 2.05) is 0 Å². The van der Waals surface area contributed by atoms with E-state index >= 15 is 0 Å². The van der Waals surface area contributed by atoms with Gasteiger partial charge in [0, 0.05) is 11.1 Å². The molecule has 0 spiro atoms. The van der Waals surface area contributed by atoms with Crippen LogP contribution in [0.2, 0.25) is 0 Å². The van der Waals surface area contributed by atoms with Crippen molar-refractivity contribution in [1.29, 1.82) is 0 Å². The Morgan fingerprint density at radius 3 is 2.55 bits per heavy atom. The lowest BCUT2D eigenvalue weighted by Gasteiger charge is -2.16. The molecular weight excluding hydrogens is 383 g/mol. The van der Waals surface area contributed by atoms with Crippen molar-refractivity contribution in [3.63, 3.8) is 0 Å². The zero-order chi connectivity index (χ0) is 20.8. The van der Waals surface area contributed by atoms with Crippen LogP contribution in [0.15, 0.2) is 58.0 Å². The lowest BCUT2D eigenvalue weighted by Crippen LogP contribution is -2.29. The first-order valence-electron chi connectivity index (χ1n) is 8.84. The van der Waals surface area contributed by atoms with Gasteiger partial charge >= 0.3 is 6.18 Å². The van der Waals surface area contributed by atoms with E-state index in [4.69, 9.17) is 4.52 Å². The Hall–Kier alpha value is -3.42. The molecule has 0 bridgehead atoms. The van der Waals surface area contributed by atoms with E-state index in [0.717, 1.165) is 17.7 Å². The van der Waals surface area contributed by atoms with Crippen molar-refractivity contribution in [3.05, 3.63) is 76.7 Å². The number of carbonyl (C=O) groups is 1. The smallest absolute Gasteiger partial charge is 0.361 e. The van der Waals surface area contributed by atoms with E-state index in [0.29, 0.717) is 22.7 Å². The normalized spacial score (nSPS) is 15.3. The number of benzene rings is 2. The summed E-state index contributed by atoms with van der Waals surface area (Å²) in [6.45, 7) is 3.79. The van der Waals surface area contributed by atoms with Gasteiger partial charge in [-0.3, -0.25) is 4.79 Å². The Morgan fingerprint density at radius 1 is 1.10 bits per heavy atom. The highest BCUT2D eigenvalue weighted by Crippen LogP contribution is 2.35. The summed E-state index contributed by atoms with van der Waals surface area (Å²) < 4.78 is 44.2. The molecular formula is C21H16F3N3O2. The Labute approximate surface area is 164 Å². The molecule has 1 aromatic heterocycles. The van der Waals surface area contributed by atoms with E-state index in [2.05, 4.69) is 10.1 Å². The molecule has 0 saturated heterocycles. The van der Waals surface area contributed by atoms with Gasteiger partial charge in [0.25, 0.3) is 5.91 Å². The summed E-state index contributed by atoms with van der Waals surface area (Å²) in [7, 11) is 0. The summed E-state index contributed by atoms with van der Waals surface area (Å²) >= 11 is 0. The lowest BCUT2D eigenvalue weighted by atomic mass is 10.1. The summed E-state index contributed by atoms with van der Waals surface area (Å²) in [6, 6.07) is 11.7. The van der Waals surface area contributed by atoms with Crippen molar-refractivity contribution in [3.8, 4) is 0 Å². The van der Waals surface area contributed by atoms with Crippen LogP contribution in [0.5, 0.6) is 0 Å². The minimum absolute atomic E-state index is 0.0668. The fraction of sp³-hybridized carbons (Fsp3) is 0.190. The molecule has 1 aliphatic heterocycles. The number of hydrogen-bond donors (Lipinski definition) is 0. The van der Waals surface area contributed by atoms with Crippen LogP contribution in [0.3, 0.4) is 0 Å². The maximum atomic E-state index is 13.1. The number of para-hydroxylation sites is 1. The number of halogens is 3. The molecule has 4 rings (SSSR count). The molecule has 0 N–H and O–H groups in total. The molecule has 8 heteroatoms. The summed E-state index contributed by atoms with van der Waals surface area (Å²) in [5, 5.41) is 3.91. The predicted molar refractivity (Wildman–Crippen MR) is 101 cm³/mol. The van der Waals surface area contributed by atoms with Crippen molar-refractivity contribution >= 4 is 23.0 Å². The first-order chi connectivity index (χ1) is 13.8. The number of fused-ring (bicyclic) bond motifs is 1. The van der Waals surface area contributed by atoms with Gasteiger partial charge in [-0.05, 0) is 38.1 Å². The number of aromatic nitrogens is 1. The second-order valence-corrected chi connectivity index (χ2v) is 6.72. The van der Waals surface area contributed by atoms with Gasteiger partial charge in [-0.2, -0.15) is 13.2 Å². The van der Waals surface area contributed by atoms with Crippen LogP contribution >= 0.6 is 0 Å². The molecule has 148 valence electrons. The van der Waals surface area contributed by atoms with Crippen LogP contribution in [0.25, 0.3) is 0 Å². The number of alkyl halides is 3. The average molecular weight is 399 g/mol. The zero-order valence-electron chi connectivity index (χ0n) is 15.6. The third kappa shape index (κ3) is 3.41.